The van der Waals surface area contributed by atoms with E-state index < -0.39 is 0 Å². The fraction of sp³-hybridized carbons (Fsp3) is 0.316. The van der Waals surface area contributed by atoms with Gasteiger partial charge in [-0.3, -0.25) is 0 Å². The lowest BCUT2D eigenvalue weighted by atomic mass is 9.94. The lowest BCUT2D eigenvalue weighted by molar-refractivity contribution is 0.298. The van der Waals surface area contributed by atoms with E-state index >= 15 is 0 Å². The molecule has 0 bridgehead atoms. The van der Waals surface area contributed by atoms with Crippen LogP contribution in [0.25, 0.3) is 0 Å². The lowest BCUT2D eigenvalue weighted by Gasteiger charge is -2.20. The maximum Gasteiger partial charge on any atom is 0.126 e. The summed E-state index contributed by atoms with van der Waals surface area (Å²) in [5.41, 5.74) is 3.63. The largest absolute Gasteiger partial charge is 0.488 e. The first-order chi connectivity index (χ1) is 9.59. The zero-order valence-electron chi connectivity index (χ0n) is 12.6. The SMILES string of the molecule is [CH2][C@@H](C)c1cccc(C(C)C)c1OCc1ccccc1. The first-order valence-corrected chi connectivity index (χ1v) is 7.22. The third kappa shape index (κ3) is 3.41. The fourth-order valence-electron chi connectivity index (χ4n) is 2.31. The first kappa shape index (κ1) is 14.6. The van der Waals surface area contributed by atoms with Crippen molar-refractivity contribution in [1.82, 2.24) is 0 Å². The van der Waals surface area contributed by atoms with Crippen LogP contribution in [0.4, 0.5) is 0 Å². The molecular weight excluding hydrogens is 244 g/mol. The molecule has 0 aliphatic carbocycles. The van der Waals surface area contributed by atoms with Crippen LogP contribution in [0.1, 0.15) is 49.3 Å². The third-order valence-electron chi connectivity index (χ3n) is 3.45. The van der Waals surface area contributed by atoms with E-state index in [4.69, 9.17) is 4.74 Å². The molecule has 1 heteroatoms. The van der Waals surface area contributed by atoms with E-state index in [1.54, 1.807) is 0 Å². The monoisotopic (exact) mass is 267 g/mol. The predicted octanol–water partition coefficient (Wildman–Crippen LogP) is 5.33. The van der Waals surface area contributed by atoms with Crippen LogP contribution in [-0.2, 0) is 6.61 Å². The van der Waals surface area contributed by atoms with E-state index in [1.807, 2.05) is 18.2 Å². The second-order valence-electron chi connectivity index (χ2n) is 5.60. The number of hydrogen-bond acceptors (Lipinski definition) is 1. The molecule has 2 aromatic carbocycles. The standard InChI is InChI=1S/C19H23O/c1-14(2)17-11-8-12-18(15(3)4)19(17)20-13-16-9-6-5-7-10-16/h5-12,14-15H,1,13H2,2-4H3/t14-/m0/s1. The summed E-state index contributed by atoms with van der Waals surface area (Å²) < 4.78 is 6.14. The summed E-state index contributed by atoms with van der Waals surface area (Å²) in [6.45, 7) is 11.2. The Morgan fingerprint density at radius 3 is 2.15 bits per heavy atom. The van der Waals surface area contributed by atoms with E-state index in [0.717, 1.165) is 5.75 Å². The minimum atomic E-state index is 0.222. The average molecular weight is 267 g/mol. The molecule has 0 saturated heterocycles. The van der Waals surface area contributed by atoms with Crippen molar-refractivity contribution in [2.45, 2.75) is 39.2 Å². The normalized spacial score (nSPS) is 11.1. The van der Waals surface area contributed by atoms with E-state index in [2.05, 4.69) is 58.0 Å². The van der Waals surface area contributed by atoms with E-state index in [-0.39, 0.29) is 5.92 Å². The highest BCUT2D eigenvalue weighted by molar-refractivity contribution is 5.45. The Balaban J connectivity index is 2.28. The van der Waals surface area contributed by atoms with Crippen LogP contribution in [0.2, 0.25) is 0 Å². The van der Waals surface area contributed by atoms with Gasteiger partial charge in [0, 0.05) is 0 Å². The lowest BCUT2D eigenvalue weighted by Crippen LogP contribution is -2.04. The second-order valence-corrected chi connectivity index (χ2v) is 5.60. The maximum absolute atomic E-state index is 6.14. The molecule has 2 aromatic rings. The molecule has 0 unspecified atom stereocenters. The highest BCUT2D eigenvalue weighted by Gasteiger charge is 2.14. The van der Waals surface area contributed by atoms with Crippen molar-refractivity contribution < 1.29 is 4.74 Å². The van der Waals surface area contributed by atoms with Crippen LogP contribution >= 0.6 is 0 Å². The first-order valence-electron chi connectivity index (χ1n) is 7.22. The molecular formula is C19H23O. The van der Waals surface area contributed by atoms with Crippen molar-refractivity contribution >= 4 is 0 Å². The van der Waals surface area contributed by atoms with Crippen LogP contribution < -0.4 is 4.74 Å². The molecule has 105 valence electrons. The minimum absolute atomic E-state index is 0.222. The Hall–Kier alpha value is -1.76. The highest BCUT2D eigenvalue weighted by atomic mass is 16.5. The number of hydrogen-bond donors (Lipinski definition) is 0. The topological polar surface area (TPSA) is 9.23 Å². The molecule has 0 aromatic heterocycles. The van der Waals surface area contributed by atoms with Crippen molar-refractivity contribution in [3.63, 3.8) is 0 Å². The molecule has 1 atom stereocenters. The molecule has 1 radical (unpaired) electrons. The maximum atomic E-state index is 6.14. The average Bonchev–Trinajstić information content (AvgIpc) is 2.45. The summed E-state index contributed by atoms with van der Waals surface area (Å²) in [5.74, 6) is 1.67. The summed E-state index contributed by atoms with van der Waals surface area (Å²) in [6.07, 6.45) is 0. The van der Waals surface area contributed by atoms with Crippen molar-refractivity contribution in [1.29, 1.82) is 0 Å². The zero-order chi connectivity index (χ0) is 14.5. The molecule has 1 nitrogen and oxygen atoms in total. The Morgan fingerprint density at radius 2 is 1.55 bits per heavy atom. The van der Waals surface area contributed by atoms with Gasteiger partial charge in [0.25, 0.3) is 0 Å². The van der Waals surface area contributed by atoms with Gasteiger partial charge in [0.1, 0.15) is 12.4 Å². The number of ether oxygens (including phenoxy) is 1. The molecule has 0 aliphatic heterocycles. The molecule has 0 heterocycles. The van der Waals surface area contributed by atoms with Crippen LogP contribution in [0, 0.1) is 6.92 Å². The highest BCUT2D eigenvalue weighted by Crippen LogP contribution is 2.34. The molecule has 20 heavy (non-hydrogen) atoms. The van der Waals surface area contributed by atoms with E-state index in [1.165, 1.54) is 16.7 Å². The molecule has 0 saturated carbocycles. The van der Waals surface area contributed by atoms with Crippen LogP contribution in [0.3, 0.4) is 0 Å². The quantitative estimate of drug-likeness (QED) is 0.711. The Kier molecular flexibility index (Phi) is 4.84. The molecule has 0 spiro atoms. The van der Waals surface area contributed by atoms with Crippen molar-refractivity contribution in [3.05, 3.63) is 72.1 Å². The van der Waals surface area contributed by atoms with Gasteiger partial charge < -0.3 is 4.74 Å². The van der Waals surface area contributed by atoms with Gasteiger partial charge in [-0.15, -0.1) is 0 Å². The summed E-state index contributed by atoms with van der Waals surface area (Å²) in [5, 5.41) is 0. The van der Waals surface area contributed by atoms with Gasteiger partial charge in [-0.2, -0.15) is 0 Å². The van der Waals surface area contributed by atoms with Crippen LogP contribution in [0.5, 0.6) is 5.75 Å². The number of benzene rings is 2. The number of rotatable bonds is 5. The summed E-state index contributed by atoms with van der Waals surface area (Å²) in [6, 6.07) is 16.6. The summed E-state index contributed by atoms with van der Waals surface area (Å²) in [4.78, 5) is 0. The Bertz CT molecular complexity index is 515. The summed E-state index contributed by atoms with van der Waals surface area (Å²) >= 11 is 0. The summed E-state index contributed by atoms with van der Waals surface area (Å²) in [7, 11) is 0. The van der Waals surface area contributed by atoms with E-state index in [9.17, 15) is 0 Å². The van der Waals surface area contributed by atoms with Crippen LogP contribution in [-0.4, -0.2) is 0 Å². The van der Waals surface area contributed by atoms with Crippen molar-refractivity contribution in [2.75, 3.05) is 0 Å². The van der Waals surface area contributed by atoms with Gasteiger partial charge in [-0.25, -0.2) is 0 Å². The van der Waals surface area contributed by atoms with Gasteiger partial charge in [-0.05, 0) is 35.4 Å². The fourth-order valence-corrected chi connectivity index (χ4v) is 2.31. The minimum Gasteiger partial charge on any atom is -0.488 e. The Morgan fingerprint density at radius 1 is 0.900 bits per heavy atom. The Labute approximate surface area is 122 Å². The van der Waals surface area contributed by atoms with Gasteiger partial charge in [-0.1, -0.05) is 69.3 Å². The molecule has 2 rings (SSSR count). The van der Waals surface area contributed by atoms with Crippen molar-refractivity contribution in [2.24, 2.45) is 0 Å². The van der Waals surface area contributed by atoms with Gasteiger partial charge in [0.2, 0.25) is 0 Å². The smallest absolute Gasteiger partial charge is 0.126 e. The molecule has 0 fully saturated rings. The van der Waals surface area contributed by atoms with Crippen molar-refractivity contribution in [3.8, 4) is 5.75 Å². The zero-order valence-corrected chi connectivity index (χ0v) is 12.6. The number of para-hydroxylation sites is 1. The third-order valence-corrected chi connectivity index (χ3v) is 3.45. The predicted molar refractivity (Wildman–Crippen MR) is 85.1 cm³/mol. The van der Waals surface area contributed by atoms with Crippen LogP contribution in [0.15, 0.2) is 48.5 Å². The molecule has 0 aliphatic rings. The second kappa shape index (κ2) is 6.60. The molecule has 0 N–H and O–H groups in total. The van der Waals surface area contributed by atoms with Gasteiger partial charge in [0.05, 0.1) is 0 Å². The van der Waals surface area contributed by atoms with Gasteiger partial charge >= 0.3 is 0 Å². The van der Waals surface area contributed by atoms with E-state index in [0.29, 0.717) is 12.5 Å². The van der Waals surface area contributed by atoms with Gasteiger partial charge in [0.15, 0.2) is 0 Å². The molecule has 0 amide bonds.